The summed E-state index contributed by atoms with van der Waals surface area (Å²) in [6, 6.07) is 0.0496. The highest BCUT2D eigenvalue weighted by Gasteiger charge is 2.43. The second kappa shape index (κ2) is 7.22. The van der Waals surface area contributed by atoms with Crippen molar-refractivity contribution in [2.75, 3.05) is 26.3 Å². The minimum Gasteiger partial charge on any atom is -0.481 e. The number of hydrogen-bond acceptors (Lipinski definition) is 4. The SMILES string of the molecule is NCC1(C(=O)N2CCCCC2CCC(=O)O)CCOCC1. The molecule has 1 atom stereocenters. The van der Waals surface area contributed by atoms with Crippen LogP contribution in [-0.4, -0.2) is 54.2 Å². The summed E-state index contributed by atoms with van der Waals surface area (Å²) < 4.78 is 5.37. The fourth-order valence-electron chi connectivity index (χ4n) is 3.43. The molecule has 6 nitrogen and oxygen atoms in total. The summed E-state index contributed by atoms with van der Waals surface area (Å²) in [4.78, 5) is 25.7. The Kier molecular flexibility index (Phi) is 5.58. The van der Waals surface area contributed by atoms with Gasteiger partial charge in [-0.15, -0.1) is 0 Å². The van der Waals surface area contributed by atoms with Gasteiger partial charge in [-0.2, -0.15) is 0 Å². The molecule has 0 aliphatic carbocycles. The third-order valence-electron chi connectivity index (χ3n) is 4.87. The maximum Gasteiger partial charge on any atom is 0.303 e. The van der Waals surface area contributed by atoms with Gasteiger partial charge >= 0.3 is 5.97 Å². The molecule has 0 aromatic carbocycles. The molecule has 120 valence electrons. The molecule has 2 aliphatic heterocycles. The van der Waals surface area contributed by atoms with Crippen molar-refractivity contribution >= 4 is 11.9 Å². The lowest BCUT2D eigenvalue weighted by atomic mass is 9.78. The Morgan fingerprint density at radius 1 is 1.29 bits per heavy atom. The monoisotopic (exact) mass is 298 g/mol. The maximum absolute atomic E-state index is 13.0. The number of rotatable bonds is 5. The number of piperidine rings is 1. The van der Waals surface area contributed by atoms with E-state index in [1.54, 1.807) is 0 Å². The van der Waals surface area contributed by atoms with E-state index >= 15 is 0 Å². The smallest absolute Gasteiger partial charge is 0.303 e. The topological polar surface area (TPSA) is 92.9 Å². The number of aliphatic carboxylic acids is 1. The fraction of sp³-hybridized carbons (Fsp3) is 0.867. The van der Waals surface area contributed by atoms with Crippen molar-refractivity contribution in [1.29, 1.82) is 0 Å². The number of carboxylic acid groups (broad SMARTS) is 1. The van der Waals surface area contributed by atoms with Gasteiger partial charge < -0.3 is 20.5 Å². The number of nitrogens with zero attached hydrogens (tertiary/aromatic N) is 1. The van der Waals surface area contributed by atoms with E-state index < -0.39 is 11.4 Å². The number of nitrogens with two attached hydrogens (primary N) is 1. The van der Waals surface area contributed by atoms with Crippen LogP contribution >= 0.6 is 0 Å². The summed E-state index contributed by atoms with van der Waals surface area (Å²) >= 11 is 0. The molecular weight excluding hydrogens is 272 g/mol. The van der Waals surface area contributed by atoms with Crippen molar-refractivity contribution in [2.45, 2.75) is 51.0 Å². The first-order chi connectivity index (χ1) is 10.1. The number of amides is 1. The summed E-state index contributed by atoms with van der Waals surface area (Å²) in [6.07, 6.45) is 4.95. The Bertz CT molecular complexity index is 380. The summed E-state index contributed by atoms with van der Waals surface area (Å²) in [6.45, 7) is 2.23. The van der Waals surface area contributed by atoms with Crippen molar-refractivity contribution in [3.05, 3.63) is 0 Å². The molecular formula is C15H26N2O4. The van der Waals surface area contributed by atoms with Crippen LogP contribution in [-0.2, 0) is 14.3 Å². The second-order valence-electron chi connectivity index (χ2n) is 6.18. The lowest BCUT2D eigenvalue weighted by molar-refractivity contribution is -0.152. The number of carboxylic acids is 1. The highest BCUT2D eigenvalue weighted by Crippen LogP contribution is 2.34. The molecule has 2 fully saturated rings. The van der Waals surface area contributed by atoms with E-state index in [4.69, 9.17) is 15.6 Å². The normalized spacial score (nSPS) is 25.6. The van der Waals surface area contributed by atoms with Crippen molar-refractivity contribution in [3.63, 3.8) is 0 Å². The third-order valence-corrected chi connectivity index (χ3v) is 4.87. The number of hydrogen-bond donors (Lipinski definition) is 2. The van der Waals surface area contributed by atoms with Gasteiger partial charge in [0.25, 0.3) is 0 Å². The van der Waals surface area contributed by atoms with E-state index in [-0.39, 0.29) is 18.4 Å². The zero-order chi connectivity index (χ0) is 15.3. The predicted octanol–water partition coefficient (Wildman–Crippen LogP) is 0.988. The van der Waals surface area contributed by atoms with Crippen LogP contribution in [0.4, 0.5) is 0 Å². The van der Waals surface area contributed by atoms with Crippen LogP contribution in [0.15, 0.2) is 0 Å². The zero-order valence-corrected chi connectivity index (χ0v) is 12.6. The molecule has 2 aliphatic rings. The number of carbonyl (C=O) groups excluding carboxylic acids is 1. The first-order valence-corrected chi connectivity index (χ1v) is 7.90. The predicted molar refractivity (Wildman–Crippen MR) is 77.8 cm³/mol. The molecule has 3 N–H and O–H groups in total. The van der Waals surface area contributed by atoms with E-state index in [0.717, 1.165) is 25.8 Å². The molecule has 2 heterocycles. The van der Waals surface area contributed by atoms with Gasteiger partial charge in [0.05, 0.1) is 5.41 Å². The van der Waals surface area contributed by atoms with Gasteiger partial charge in [0, 0.05) is 38.8 Å². The first kappa shape index (κ1) is 16.2. The average Bonchev–Trinajstić information content (AvgIpc) is 2.53. The molecule has 2 rings (SSSR count). The summed E-state index contributed by atoms with van der Waals surface area (Å²) in [7, 11) is 0. The molecule has 0 aromatic heterocycles. The first-order valence-electron chi connectivity index (χ1n) is 7.90. The van der Waals surface area contributed by atoms with E-state index in [2.05, 4.69) is 0 Å². The lowest BCUT2D eigenvalue weighted by Crippen LogP contribution is -2.55. The standard InChI is InChI=1S/C15H26N2O4/c16-11-15(6-9-21-10-7-15)14(20)17-8-2-1-3-12(17)4-5-13(18)19/h12H,1-11,16H2,(H,18,19). The summed E-state index contributed by atoms with van der Waals surface area (Å²) in [5.41, 5.74) is 5.41. The van der Waals surface area contributed by atoms with Crippen LogP contribution in [0.1, 0.15) is 44.9 Å². The highest BCUT2D eigenvalue weighted by molar-refractivity contribution is 5.83. The van der Waals surface area contributed by atoms with Crippen LogP contribution in [0.3, 0.4) is 0 Å². The van der Waals surface area contributed by atoms with E-state index in [0.29, 0.717) is 39.0 Å². The van der Waals surface area contributed by atoms with Crippen molar-refractivity contribution in [2.24, 2.45) is 11.1 Å². The van der Waals surface area contributed by atoms with Crippen molar-refractivity contribution in [1.82, 2.24) is 4.90 Å². The number of likely N-dealkylation sites (tertiary alicyclic amines) is 1. The minimum absolute atomic E-state index is 0.0496. The summed E-state index contributed by atoms with van der Waals surface area (Å²) in [5, 5.41) is 8.87. The van der Waals surface area contributed by atoms with Crippen LogP contribution in [0.25, 0.3) is 0 Å². The van der Waals surface area contributed by atoms with E-state index in [9.17, 15) is 9.59 Å². The van der Waals surface area contributed by atoms with Crippen LogP contribution in [0.2, 0.25) is 0 Å². The quantitative estimate of drug-likeness (QED) is 0.789. The Hall–Kier alpha value is -1.14. The van der Waals surface area contributed by atoms with Crippen LogP contribution < -0.4 is 5.73 Å². The highest BCUT2D eigenvalue weighted by atomic mass is 16.5. The molecule has 0 radical (unpaired) electrons. The van der Waals surface area contributed by atoms with Gasteiger partial charge in [0.2, 0.25) is 5.91 Å². The second-order valence-corrected chi connectivity index (χ2v) is 6.18. The van der Waals surface area contributed by atoms with E-state index in [1.807, 2.05) is 4.90 Å². The molecule has 0 bridgehead atoms. The van der Waals surface area contributed by atoms with Crippen molar-refractivity contribution < 1.29 is 19.4 Å². The zero-order valence-electron chi connectivity index (χ0n) is 12.6. The summed E-state index contributed by atoms with van der Waals surface area (Å²) in [5.74, 6) is -0.684. The molecule has 0 saturated carbocycles. The Labute approximate surface area is 125 Å². The van der Waals surface area contributed by atoms with Gasteiger partial charge in [-0.25, -0.2) is 0 Å². The number of carbonyl (C=O) groups is 2. The molecule has 0 spiro atoms. The Balaban J connectivity index is 2.07. The minimum atomic E-state index is -0.799. The molecule has 2 saturated heterocycles. The molecule has 6 heteroatoms. The fourth-order valence-corrected chi connectivity index (χ4v) is 3.43. The van der Waals surface area contributed by atoms with Gasteiger partial charge in [-0.05, 0) is 38.5 Å². The Morgan fingerprint density at radius 2 is 2.00 bits per heavy atom. The largest absolute Gasteiger partial charge is 0.481 e. The van der Waals surface area contributed by atoms with E-state index in [1.165, 1.54) is 0 Å². The molecule has 0 aromatic rings. The molecule has 21 heavy (non-hydrogen) atoms. The van der Waals surface area contributed by atoms with Crippen LogP contribution in [0.5, 0.6) is 0 Å². The van der Waals surface area contributed by atoms with Gasteiger partial charge in [-0.3, -0.25) is 9.59 Å². The molecule has 1 unspecified atom stereocenters. The number of ether oxygens (including phenoxy) is 1. The van der Waals surface area contributed by atoms with Crippen molar-refractivity contribution in [3.8, 4) is 0 Å². The van der Waals surface area contributed by atoms with Crippen LogP contribution in [0, 0.1) is 5.41 Å². The molecule has 1 amide bonds. The maximum atomic E-state index is 13.0. The van der Waals surface area contributed by atoms with Gasteiger partial charge in [0.1, 0.15) is 0 Å². The third kappa shape index (κ3) is 3.74. The average molecular weight is 298 g/mol. The van der Waals surface area contributed by atoms with Gasteiger partial charge in [-0.1, -0.05) is 0 Å². The Morgan fingerprint density at radius 3 is 2.62 bits per heavy atom. The van der Waals surface area contributed by atoms with Gasteiger partial charge in [0.15, 0.2) is 0 Å². The lowest BCUT2D eigenvalue weighted by Gasteiger charge is -2.44.